The third-order valence-corrected chi connectivity index (χ3v) is 0.359. The Morgan fingerprint density at radius 2 is 1.86 bits per heavy atom. The van der Waals surface area contributed by atoms with Crippen LogP contribution < -0.4 is 0 Å². The highest BCUT2D eigenvalue weighted by Gasteiger charge is 2.03. The molecule has 0 N–H and O–H groups in total. The van der Waals surface area contributed by atoms with Gasteiger partial charge in [-0.3, -0.25) is 4.84 Å². The van der Waals surface area contributed by atoms with E-state index < -0.39 is 0 Å². The van der Waals surface area contributed by atoms with Crippen LogP contribution in [0, 0.1) is 0 Å². The molecule has 0 atom stereocenters. The number of hydrogen-bond donors (Lipinski definition) is 0. The third kappa shape index (κ3) is 5.43. The van der Waals surface area contributed by atoms with Gasteiger partial charge in [-0.15, -0.1) is 4.65 Å². The number of carbonyl (C=O) groups excluding carboxylic acids is 1. The first kappa shape index (κ1) is 6.43. The Balaban J connectivity index is 3.34. The van der Waals surface area contributed by atoms with Gasteiger partial charge in [-0.1, -0.05) is 0 Å². The van der Waals surface area contributed by atoms with Crippen LogP contribution in [0.4, 0.5) is 0 Å². The average Bonchev–Trinajstić information content (AvgIpc) is 1.30. The van der Waals surface area contributed by atoms with Gasteiger partial charge in [0.05, 0.1) is 0 Å². The zero-order chi connectivity index (χ0) is 5.91. The van der Waals surface area contributed by atoms with Gasteiger partial charge in [0.25, 0.3) is 0 Å². The molecule has 0 unspecified atom stereocenters. The Hall–Kier alpha value is -0.570. The summed E-state index contributed by atoms with van der Waals surface area (Å²) >= 11 is 0. The maximum atomic E-state index is 9.58. The normalized spacial score (nSPS) is 10.7. The predicted octanol–water partition coefficient (Wildman–Crippen LogP) is -0.219. The Labute approximate surface area is 43.0 Å². The van der Waals surface area contributed by atoms with Gasteiger partial charge in [-0.2, -0.15) is 0 Å². The topological polar surface area (TPSA) is 26.3 Å². The van der Waals surface area contributed by atoms with Gasteiger partial charge in [-0.25, -0.2) is 4.79 Å². The highest BCUT2D eigenvalue weighted by molar-refractivity contribution is 5.35. The molecule has 7 heavy (non-hydrogen) atoms. The molecule has 42 valence electrons. The van der Waals surface area contributed by atoms with E-state index in [1.54, 1.807) is 21.1 Å². The molecule has 0 heterocycles. The summed E-state index contributed by atoms with van der Waals surface area (Å²) in [4.78, 5) is 14.1. The second-order valence-corrected chi connectivity index (χ2v) is 2.09. The molecule has 0 aliphatic rings. The molecule has 0 amide bonds. The highest BCUT2D eigenvalue weighted by Crippen LogP contribution is 1.85. The summed E-state index contributed by atoms with van der Waals surface area (Å²) in [5, 5.41) is 0. The van der Waals surface area contributed by atoms with E-state index in [-0.39, 0.29) is 4.65 Å². The molecule has 0 aliphatic heterocycles. The first-order valence-electron chi connectivity index (χ1n) is 2.00. The first-order valence-corrected chi connectivity index (χ1v) is 2.00. The molecule has 0 aromatic rings. The largest absolute Gasteiger partial charge is 0.355 e. The van der Waals surface area contributed by atoms with Crippen LogP contribution in [0.25, 0.3) is 0 Å². The van der Waals surface area contributed by atoms with Crippen molar-refractivity contribution in [3.8, 4) is 0 Å². The Morgan fingerprint density at radius 3 is 1.86 bits per heavy atom. The monoisotopic (exact) mass is 104 g/mol. The molecule has 0 saturated carbocycles. The SMILES string of the molecule is C[N+](C)(C)OC=O. The minimum Gasteiger partial charge on any atom is -0.281 e. The number of hydroxylamine groups is 3. The number of nitrogens with zero attached hydrogens (tertiary/aromatic N) is 1. The van der Waals surface area contributed by atoms with Crippen molar-refractivity contribution < 1.29 is 14.3 Å². The second-order valence-electron chi connectivity index (χ2n) is 2.09. The summed E-state index contributed by atoms with van der Waals surface area (Å²) in [6.07, 6.45) is 0. The predicted molar refractivity (Wildman–Crippen MR) is 25.2 cm³/mol. The fourth-order valence-electron chi connectivity index (χ4n) is 0.129. The van der Waals surface area contributed by atoms with Crippen LogP contribution in [-0.2, 0) is 9.63 Å². The van der Waals surface area contributed by atoms with Crippen molar-refractivity contribution in [3.05, 3.63) is 0 Å². The maximum absolute atomic E-state index is 9.58. The lowest BCUT2D eigenvalue weighted by Crippen LogP contribution is -2.33. The first-order chi connectivity index (χ1) is 3.06. The zero-order valence-electron chi connectivity index (χ0n) is 4.84. The molecule has 0 aliphatic carbocycles. The fraction of sp³-hybridized carbons (Fsp3) is 0.750. The summed E-state index contributed by atoms with van der Waals surface area (Å²) < 4.78 is 0.226. The highest BCUT2D eigenvalue weighted by atomic mass is 16.7. The van der Waals surface area contributed by atoms with Crippen molar-refractivity contribution in [2.45, 2.75) is 0 Å². The summed E-state index contributed by atoms with van der Waals surface area (Å²) in [6, 6.07) is 0. The van der Waals surface area contributed by atoms with Gasteiger partial charge >= 0.3 is 6.47 Å². The third-order valence-electron chi connectivity index (χ3n) is 0.359. The van der Waals surface area contributed by atoms with Crippen molar-refractivity contribution in [1.82, 2.24) is 0 Å². The molecule has 3 heteroatoms. The quantitative estimate of drug-likeness (QED) is 0.275. The van der Waals surface area contributed by atoms with Crippen LogP contribution in [0.1, 0.15) is 0 Å². The molecule has 0 radical (unpaired) electrons. The van der Waals surface area contributed by atoms with Gasteiger partial charge in [-0.05, 0) is 0 Å². The van der Waals surface area contributed by atoms with E-state index in [0.717, 1.165) is 0 Å². The Bertz CT molecular complexity index is 64.6. The van der Waals surface area contributed by atoms with Crippen LogP contribution in [0.2, 0.25) is 0 Å². The maximum Gasteiger partial charge on any atom is 0.355 e. The van der Waals surface area contributed by atoms with Gasteiger partial charge in [0.2, 0.25) is 0 Å². The van der Waals surface area contributed by atoms with E-state index in [1.807, 2.05) is 0 Å². The van der Waals surface area contributed by atoms with Gasteiger partial charge < -0.3 is 0 Å². The van der Waals surface area contributed by atoms with Crippen LogP contribution >= 0.6 is 0 Å². The van der Waals surface area contributed by atoms with Crippen LogP contribution in [-0.4, -0.2) is 32.3 Å². The van der Waals surface area contributed by atoms with Gasteiger partial charge in [0, 0.05) is 0 Å². The summed E-state index contributed by atoms with van der Waals surface area (Å²) in [5.74, 6) is 0. The van der Waals surface area contributed by atoms with Crippen molar-refractivity contribution in [1.29, 1.82) is 0 Å². The standard InChI is InChI=1S/C4H10NO2/c1-5(2,3)7-4-6/h4H,1-3H3/q+1. The molecular formula is C4H10NO2+. The van der Waals surface area contributed by atoms with E-state index >= 15 is 0 Å². The molecule has 0 saturated heterocycles. The zero-order valence-corrected chi connectivity index (χ0v) is 4.84. The second kappa shape index (κ2) is 1.93. The minimum atomic E-state index is 0.226. The molecule has 0 spiro atoms. The Kier molecular flexibility index (Phi) is 1.77. The van der Waals surface area contributed by atoms with E-state index in [1.165, 1.54) is 0 Å². The van der Waals surface area contributed by atoms with Crippen LogP contribution in [0.15, 0.2) is 0 Å². The lowest BCUT2D eigenvalue weighted by atomic mass is 10.9. The number of rotatable bonds is 2. The lowest BCUT2D eigenvalue weighted by molar-refractivity contribution is -1.04. The molecule has 0 bridgehead atoms. The van der Waals surface area contributed by atoms with E-state index in [9.17, 15) is 4.79 Å². The summed E-state index contributed by atoms with van der Waals surface area (Å²) in [5.41, 5.74) is 0. The van der Waals surface area contributed by atoms with E-state index in [2.05, 4.69) is 4.84 Å². The number of hydrogen-bond acceptors (Lipinski definition) is 2. The molecular weight excluding hydrogens is 94.0 g/mol. The average molecular weight is 104 g/mol. The van der Waals surface area contributed by atoms with Crippen molar-refractivity contribution >= 4 is 6.47 Å². The lowest BCUT2D eigenvalue weighted by Gasteiger charge is -2.16. The fourth-order valence-corrected chi connectivity index (χ4v) is 0.129. The van der Waals surface area contributed by atoms with Crippen molar-refractivity contribution in [2.24, 2.45) is 0 Å². The van der Waals surface area contributed by atoms with Crippen LogP contribution in [0.5, 0.6) is 0 Å². The molecule has 0 aromatic carbocycles. The Morgan fingerprint density at radius 1 is 1.43 bits per heavy atom. The van der Waals surface area contributed by atoms with Crippen LogP contribution in [0.3, 0.4) is 0 Å². The molecule has 0 fully saturated rings. The van der Waals surface area contributed by atoms with E-state index in [0.29, 0.717) is 6.47 Å². The molecule has 3 nitrogen and oxygen atoms in total. The molecule has 0 rings (SSSR count). The van der Waals surface area contributed by atoms with E-state index in [4.69, 9.17) is 0 Å². The van der Waals surface area contributed by atoms with Gasteiger partial charge in [0.1, 0.15) is 21.1 Å². The number of quaternary nitrogens is 1. The number of carbonyl (C=O) groups is 1. The van der Waals surface area contributed by atoms with Gasteiger partial charge in [0.15, 0.2) is 0 Å². The molecule has 0 aromatic heterocycles. The summed E-state index contributed by atoms with van der Waals surface area (Å²) in [6.45, 7) is 0.431. The van der Waals surface area contributed by atoms with Crippen molar-refractivity contribution in [3.63, 3.8) is 0 Å². The minimum absolute atomic E-state index is 0.226. The smallest absolute Gasteiger partial charge is 0.281 e. The van der Waals surface area contributed by atoms with Crippen molar-refractivity contribution in [2.75, 3.05) is 21.1 Å². The summed E-state index contributed by atoms with van der Waals surface area (Å²) in [7, 11) is 5.28.